The number of aliphatic hydroxyl groups excluding tert-OH is 1. The number of rotatable bonds is 8. The number of methoxy groups -OCH3 is 1. The topological polar surface area (TPSA) is 32.7 Å². The van der Waals surface area contributed by atoms with E-state index in [-0.39, 0.29) is 18.7 Å². The van der Waals surface area contributed by atoms with Crippen molar-refractivity contribution in [2.24, 2.45) is 0 Å². The van der Waals surface area contributed by atoms with Gasteiger partial charge in [0.1, 0.15) is 5.75 Å². The standard InChI is InChI=1S/C23H20F5NO2/c1-31-16-9-7-15(8-10-16)23(17-18(24)20(26)22(28)21(27)19(17)25)29(11-12-30)13-14-5-3-2-4-6-14/h2-10,23,30H,11-13H2,1H3/t23-/m0/s1. The molecule has 0 aromatic heterocycles. The second-order valence-electron chi connectivity index (χ2n) is 6.84. The lowest BCUT2D eigenvalue weighted by Crippen LogP contribution is -2.33. The highest BCUT2D eigenvalue weighted by Gasteiger charge is 2.34. The number of hydrogen-bond donors (Lipinski definition) is 1. The van der Waals surface area contributed by atoms with Gasteiger partial charge in [-0.2, -0.15) is 0 Å². The molecule has 0 aliphatic rings. The third-order valence-electron chi connectivity index (χ3n) is 4.93. The molecule has 3 nitrogen and oxygen atoms in total. The molecule has 3 rings (SSSR count). The maximum atomic E-state index is 14.8. The fraction of sp³-hybridized carbons (Fsp3) is 0.217. The number of hydrogen-bond acceptors (Lipinski definition) is 3. The molecular formula is C23H20F5NO2. The Labute approximate surface area is 176 Å². The second kappa shape index (κ2) is 9.89. The first-order chi connectivity index (χ1) is 14.9. The summed E-state index contributed by atoms with van der Waals surface area (Å²) in [5.41, 5.74) is 0.0256. The smallest absolute Gasteiger partial charge is 0.200 e. The zero-order valence-corrected chi connectivity index (χ0v) is 16.6. The highest BCUT2D eigenvalue weighted by molar-refractivity contribution is 5.38. The van der Waals surface area contributed by atoms with E-state index < -0.39 is 47.3 Å². The van der Waals surface area contributed by atoms with Crippen LogP contribution in [-0.4, -0.2) is 30.3 Å². The molecule has 0 fully saturated rings. The Balaban J connectivity index is 2.21. The molecule has 0 bridgehead atoms. The Morgan fingerprint density at radius 1 is 0.806 bits per heavy atom. The molecule has 0 aliphatic carbocycles. The van der Waals surface area contributed by atoms with Crippen molar-refractivity contribution in [3.63, 3.8) is 0 Å². The van der Waals surface area contributed by atoms with Crippen molar-refractivity contribution in [1.82, 2.24) is 4.90 Å². The molecule has 0 saturated heterocycles. The van der Waals surface area contributed by atoms with Gasteiger partial charge in [0, 0.05) is 13.1 Å². The van der Waals surface area contributed by atoms with E-state index in [4.69, 9.17) is 4.74 Å². The maximum Gasteiger partial charge on any atom is 0.200 e. The van der Waals surface area contributed by atoms with Gasteiger partial charge in [-0.15, -0.1) is 0 Å². The van der Waals surface area contributed by atoms with Crippen LogP contribution < -0.4 is 4.74 Å². The summed E-state index contributed by atoms with van der Waals surface area (Å²) in [6.07, 6.45) is 0. The van der Waals surface area contributed by atoms with Crippen LogP contribution in [0.4, 0.5) is 22.0 Å². The lowest BCUT2D eigenvalue weighted by Gasteiger charge is -2.33. The average molecular weight is 437 g/mol. The Hall–Kier alpha value is -2.97. The SMILES string of the molecule is COc1ccc([C@@H](c2c(F)c(F)c(F)c(F)c2F)N(CCO)Cc2ccccc2)cc1. The monoisotopic (exact) mass is 437 g/mol. The van der Waals surface area contributed by atoms with E-state index in [1.807, 2.05) is 0 Å². The summed E-state index contributed by atoms with van der Waals surface area (Å²) in [6.45, 7) is -0.377. The quantitative estimate of drug-likeness (QED) is 0.307. The van der Waals surface area contributed by atoms with Crippen molar-refractivity contribution in [2.45, 2.75) is 12.6 Å². The molecule has 0 spiro atoms. The minimum absolute atomic E-state index is 0.0783. The zero-order chi connectivity index (χ0) is 22.5. The van der Waals surface area contributed by atoms with E-state index >= 15 is 0 Å². The molecule has 31 heavy (non-hydrogen) atoms. The van der Waals surface area contributed by atoms with Crippen LogP contribution in [0.25, 0.3) is 0 Å². The number of aliphatic hydroxyl groups is 1. The van der Waals surface area contributed by atoms with Crippen LogP contribution in [0.1, 0.15) is 22.7 Å². The van der Waals surface area contributed by atoms with Crippen LogP contribution in [0, 0.1) is 29.1 Å². The van der Waals surface area contributed by atoms with Gasteiger partial charge >= 0.3 is 0 Å². The molecule has 0 amide bonds. The summed E-state index contributed by atoms with van der Waals surface area (Å²) < 4.78 is 76.4. The summed E-state index contributed by atoms with van der Waals surface area (Å²) in [6, 6.07) is 13.5. The highest BCUT2D eigenvalue weighted by atomic mass is 19.2. The van der Waals surface area contributed by atoms with Gasteiger partial charge in [0.2, 0.25) is 5.82 Å². The van der Waals surface area contributed by atoms with Crippen molar-refractivity contribution in [1.29, 1.82) is 0 Å². The van der Waals surface area contributed by atoms with Gasteiger partial charge in [0.05, 0.1) is 25.3 Å². The first-order valence-corrected chi connectivity index (χ1v) is 9.43. The minimum atomic E-state index is -2.22. The zero-order valence-electron chi connectivity index (χ0n) is 16.6. The molecule has 0 radical (unpaired) electrons. The van der Waals surface area contributed by atoms with Crippen LogP contribution in [0.3, 0.4) is 0 Å². The van der Waals surface area contributed by atoms with Crippen molar-refractivity contribution in [3.05, 3.63) is 100 Å². The molecule has 3 aromatic rings. The normalized spacial score (nSPS) is 12.3. The highest BCUT2D eigenvalue weighted by Crippen LogP contribution is 2.36. The fourth-order valence-electron chi connectivity index (χ4n) is 3.45. The number of halogens is 5. The molecule has 0 unspecified atom stereocenters. The van der Waals surface area contributed by atoms with E-state index in [2.05, 4.69) is 0 Å². The Morgan fingerprint density at radius 3 is 1.87 bits per heavy atom. The summed E-state index contributed by atoms with van der Waals surface area (Å²) >= 11 is 0. The van der Waals surface area contributed by atoms with E-state index in [1.54, 1.807) is 30.3 Å². The predicted octanol–water partition coefficient (Wildman–Crippen LogP) is 4.97. The maximum absolute atomic E-state index is 14.8. The third-order valence-corrected chi connectivity index (χ3v) is 4.93. The van der Waals surface area contributed by atoms with E-state index in [9.17, 15) is 27.1 Å². The van der Waals surface area contributed by atoms with Crippen LogP contribution in [-0.2, 0) is 6.54 Å². The van der Waals surface area contributed by atoms with Gasteiger partial charge in [0.25, 0.3) is 0 Å². The predicted molar refractivity (Wildman–Crippen MR) is 105 cm³/mol. The van der Waals surface area contributed by atoms with Crippen LogP contribution in [0.5, 0.6) is 5.75 Å². The van der Waals surface area contributed by atoms with Crippen LogP contribution in [0.2, 0.25) is 0 Å². The van der Waals surface area contributed by atoms with Crippen molar-refractivity contribution >= 4 is 0 Å². The summed E-state index contributed by atoms with van der Waals surface area (Å²) in [7, 11) is 1.43. The molecule has 1 atom stereocenters. The molecule has 0 saturated carbocycles. The van der Waals surface area contributed by atoms with Gasteiger partial charge in [-0.1, -0.05) is 42.5 Å². The Kier molecular flexibility index (Phi) is 7.25. The van der Waals surface area contributed by atoms with Gasteiger partial charge in [-0.25, -0.2) is 22.0 Å². The second-order valence-corrected chi connectivity index (χ2v) is 6.84. The minimum Gasteiger partial charge on any atom is -0.497 e. The largest absolute Gasteiger partial charge is 0.497 e. The summed E-state index contributed by atoms with van der Waals surface area (Å²) in [5, 5.41) is 9.57. The molecule has 3 aromatic carbocycles. The Morgan fingerprint density at radius 2 is 1.35 bits per heavy atom. The van der Waals surface area contributed by atoms with E-state index in [1.165, 1.54) is 36.3 Å². The Bertz CT molecular complexity index is 999. The number of ether oxygens (including phenoxy) is 1. The van der Waals surface area contributed by atoms with Crippen molar-refractivity contribution in [2.75, 3.05) is 20.3 Å². The van der Waals surface area contributed by atoms with Crippen molar-refractivity contribution < 1.29 is 31.8 Å². The average Bonchev–Trinajstić information content (AvgIpc) is 2.80. The molecule has 0 aliphatic heterocycles. The van der Waals surface area contributed by atoms with Gasteiger partial charge < -0.3 is 9.84 Å². The van der Waals surface area contributed by atoms with E-state index in [0.29, 0.717) is 5.75 Å². The molecule has 1 N–H and O–H groups in total. The van der Waals surface area contributed by atoms with Crippen molar-refractivity contribution in [3.8, 4) is 5.75 Å². The molecular weight excluding hydrogens is 417 g/mol. The summed E-state index contributed by atoms with van der Waals surface area (Å²) in [5.74, 6) is -9.62. The first kappa shape index (κ1) is 22.7. The fourth-order valence-corrected chi connectivity index (χ4v) is 3.45. The first-order valence-electron chi connectivity index (χ1n) is 9.43. The van der Waals surface area contributed by atoms with Gasteiger partial charge in [0.15, 0.2) is 23.3 Å². The van der Waals surface area contributed by atoms with Crippen LogP contribution in [0.15, 0.2) is 54.6 Å². The van der Waals surface area contributed by atoms with Crippen LogP contribution >= 0.6 is 0 Å². The molecule has 0 heterocycles. The number of nitrogens with zero attached hydrogens (tertiary/aromatic N) is 1. The summed E-state index contributed by atoms with van der Waals surface area (Å²) in [4.78, 5) is 1.45. The van der Waals surface area contributed by atoms with Gasteiger partial charge in [-0.3, -0.25) is 4.90 Å². The lowest BCUT2D eigenvalue weighted by atomic mass is 9.94. The molecule has 164 valence electrons. The molecule has 8 heteroatoms. The lowest BCUT2D eigenvalue weighted by molar-refractivity contribution is 0.155. The van der Waals surface area contributed by atoms with Gasteiger partial charge in [-0.05, 0) is 23.3 Å². The number of benzene rings is 3. The van der Waals surface area contributed by atoms with E-state index in [0.717, 1.165) is 5.56 Å². The third kappa shape index (κ3) is 4.70.